The Hall–Kier alpha value is -4.47. The second kappa shape index (κ2) is 12.8. The molecule has 0 aliphatic carbocycles. The summed E-state index contributed by atoms with van der Waals surface area (Å²) in [6.07, 6.45) is 7.47. The molecule has 224 valence electrons. The summed E-state index contributed by atoms with van der Waals surface area (Å²) in [6, 6.07) is 13.5. The minimum Gasteiger partial charge on any atom is -0.506 e. The van der Waals surface area contributed by atoms with Gasteiger partial charge in [0.1, 0.15) is 35.0 Å². The lowest BCUT2D eigenvalue weighted by atomic mass is 9.92. The molecule has 3 aromatic heterocycles. The van der Waals surface area contributed by atoms with Crippen LogP contribution in [0.15, 0.2) is 48.8 Å². The van der Waals surface area contributed by atoms with Crippen LogP contribution in [0.5, 0.6) is 5.75 Å². The van der Waals surface area contributed by atoms with Gasteiger partial charge in [-0.05, 0) is 68.7 Å². The van der Waals surface area contributed by atoms with E-state index in [0.29, 0.717) is 30.1 Å². The second-order valence-corrected chi connectivity index (χ2v) is 11.5. The maximum absolute atomic E-state index is 12.2. The first-order valence-corrected chi connectivity index (χ1v) is 15.4. The number of carbonyl (C=O) groups is 1. The standard InChI is InChI=1S/C33H39N7O3/c1-2-26-31(35-19-24(33(42)43)9-12-25-11-8-22-5-3-7-28(41)29(22)38-25)36-20-37-32(26)40-17-14-21(15-18-40)27-13-10-23-6-4-16-34-30(23)39-27/h3,5,7-8,10-11,13,20-21,24,41H,2,4,6,9,12,14-19H2,1H3,(H,34,39)(H,42,43)(H,35,36,37)/t24-/m0/s1. The van der Waals surface area contributed by atoms with Gasteiger partial charge in [-0.1, -0.05) is 31.2 Å². The van der Waals surface area contributed by atoms with E-state index in [-0.39, 0.29) is 12.3 Å². The van der Waals surface area contributed by atoms with Gasteiger partial charge in [-0.15, -0.1) is 0 Å². The van der Waals surface area contributed by atoms with Crippen molar-refractivity contribution in [2.75, 3.05) is 41.7 Å². The molecule has 0 radical (unpaired) electrons. The average molecular weight is 582 g/mol. The maximum atomic E-state index is 12.2. The maximum Gasteiger partial charge on any atom is 0.308 e. The predicted octanol–water partition coefficient (Wildman–Crippen LogP) is 5.18. The summed E-state index contributed by atoms with van der Waals surface area (Å²) >= 11 is 0. The number of carboxylic acid groups (broad SMARTS) is 1. The highest BCUT2D eigenvalue weighted by Crippen LogP contribution is 2.33. The number of hydrogen-bond acceptors (Lipinski definition) is 9. The fourth-order valence-corrected chi connectivity index (χ4v) is 6.28. The molecule has 5 heterocycles. The van der Waals surface area contributed by atoms with E-state index < -0.39 is 11.9 Å². The van der Waals surface area contributed by atoms with E-state index in [1.807, 2.05) is 18.2 Å². The summed E-state index contributed by atoms with van der Waals surface area (Å²) in [6.45, 7) is 5.09. The predicted molar refractivity (Wildman–Crippen MR) is 168 cm³/mol. The lowest BCUT2D eigenvalue weighted by Crippen LogP contribution is -2.35. The van der Waals surface area contributed by atoms with Crippen LogP contribution in [0.4, 0.5) is 17.5 Å². The number of aryl methyl sites for hydroxylation is 2. The van der Waals surface area contributed by atoms with E-state index in [9.17, 15) is 15.0 Å². The van der Waals surface area contributed by atoms with Crippen LogP contribution in [-0.2, 0) is 24.1 Å². The zero-order valence-corrected chi connectivity index (χ0v) is 24.6. The first-order chi connectivity index (χ1) is 21.0. The van der Waals surface area contributed by atoms with E-state index in [1.54, 1.807) is 18.5 Å². The summed E-state index contributed by atoms with van der Waals surface area (Å²) in [7, 11) is 0. The van der Waals surface area contributed by atoms with Crippen molar-refractivity contribution in [1.29, 1.82) is 0 Å². The van der Waals surface area contributed by atoms with Crippen LogP contribution in [0, 0.1) is 5.92 Å². The summed E-state index contributed by atoms with van der Waals surface area (Å²) in [5.74, 6) is 1.73. The number of anilines is 3. The van der Waals surface area contributed by atoms with E-state index in [2.05, 4.69) is 49.5 Å². The number of phenols is 1. The molecule has 0 spiro atoms. The number of carboxylic acids is 1. The van der Waals surface area contributed by atoms with Crippen molar-refractivity contribution in [3.63, 3.8) is 0 Å². The number of aliphatic carboxylic acids is 1. The Bertz CT molecular complexity index is 1600. The summed E-state index contributed by atoms with van der Waals surface area (Å²) < 4.78 is 0. The summed E-state index contributed by atoms with van der Waals surface area (Å²) in [5.41, 5.74) is 4.78. The monoisotopic (exact) mass is 581 g/mol. The molecule has 43 heavy (non-hydrogen) atoms. The van der Waals surface area contributed by atoms with Crippen molar-refractivity contribution >= 4 is 34.3 Å². The lowest BCUT2D eigenvalue weighted by molar-refractivity contribution is -0.141. The Morgan fingerprint density at radius 3 is 2.79 bits per heavy atom. The van der Waals surface area contributed by atoms with Crippen LogP contribution >= 0.6 is 0 Å². The van der Waals surface area contributed by atoms with Gasteiger partial charge in [0.05, 0.1) is 5.92 Å². The van der Waals surface area contributed by atoms with Gasteiger partial charge in [0.25, 0.3) is 0 Å². The van der Waals surface area contributed by atoms with E-state index in [1.165, 1.54) is 11.3 Å². The number of rotatable bonds is 10. The van der Waals surface area contributed by atoms with Gasteiger partial charge in [0.15, 0.2) is 0 Å². The van der Waals surface area contributed by atoms with Crippen molar-refractivity contribution in [3.05, 3.63) is 71.3 Å². The molecule has 10 nitrogen and oxygen atoms in total. The molecule has 1 aromatic carbocycles. The summed E-state index contributed by atoms with van der Waals surface area (Å²) in [5, 5.41) is 27.8. The molecule has 1 atom stereocenters. The van der Waals surface area contributed by atoms with Crippen LogP contribution < -0.4 is 15.5 Å². The minimum absolute atomic E-state index is 0.124. The molecule has 0 saturated carbocycles. The van der Waals surface area contributed by atoms with Gasteiger partial charge in [-0.2, -0.15) is 0 Å². The number of piperidine rings is 1. The summed E-state index contributed by atoms with van der Waals surface area (Å²) in [4.78, 5) is 33.2. The normalized spacial score (nSPS) is 16.0. The number of nitrogens with one attached hydrogen (secondary N) is 2. The molecule has 1 saturated heterocycles. The fourth-order valence-electron chi connectivity index (χ4n) is 6.28. The Kier molecular flexibility index (Phi) is 8.53. The van der Waals surface area contributed by atoms with Gasteiger partial charge >= 0.3 is 5.97 Å². The van der Waals surface area contributed by atoms with Crippen molar-refractivity contribution in [2.45, 2.75) is 57.8 Å². The number of fused-ring (bicyclic) bond motifs is 2. The number of para-hydroxylation sites is 1. The Morgan fingerprint density at radius 2 is 1.98 bits per heavy atom. The Balaban J connectivity index is 1.09. The van der Waals surface area contributed by atoms with Gasteiger partial charge in [-0.25, -0.2) is 19.9 Å². The van der Waals surface area contributed by atoms with Gasteiger partial charge in [0.2, 0.25) is 0 Å². The molecule has 0 bridgehead atoms. The van der Waals surface area contributed by atoms with Gasteiger partial charge < -0.3 is 25.7 Å². The highest BCUT2D eigenvalue weighted by atomic mass is 16.4. The van der Waals surface area contributed by atoms with Crippen LogP contribution in [-0.4, -0.2) is 62.3 Å². The van der Waals surface area contributed by atoms with E-state index in [0.717, 1.165) is 80.0 Å². The average Bonchev–Trinajstić information content (AvgIpc) is 3.04. The molecule has 10 heteroatoms. The van der Waals surface area contributed by atoms with Crippen molar-refractivity contribution in [3.8, 4) is 5.75 Å². The van der Waals surface area contributed by atoms with Crippen molar-refractivity contribution in [2.24, 2.45) is 5.92 Å². The topological polar surface area (TPSA) is 136 Å². The Morgan fingerprint density at radius 1 is 1.12 bits per heavy atom. The van der Waals surface area contributed by atoms with Gasteiger partial charge in [-0.3, -0.25) is 4.79 Å². The molecule has 4 N–H and O–H groups in total. The molecule has 4 aromatic rings. The Labute approximate surface area is 251 Å². The van der Waals surface area contributed by atoms with Crippen LogP contribution in [0.2, 0.25) is 0 Å². The molecule has 6 rings (SSSR count). The first kappa shape index (κ1) is 28.6. The molecule has 1 fully saturated rings. The zero-order valence-electron chi connectivity index (χ0n) is 24.6. The number of aromatic nitrogens is 4. The molecule has 0 amide bonds. The highest BCUT2D eigenvalue weighted by Gasteiger charge is 2.26. The van der Waals surface area contributed by atoms with Gasteiger partial charge in [0, 0.05) is 54.4 Å². The van der Waals surface area contributed by atoms with Crippen molar-refractivity contribution < 1.29 is 15.0 Å². The van der Waals surface area contributed by atoms with E-state index >= 15 is 0 Å². The molecule has 2 aliphatic rings. The number of hydrogen-bond donors (Lipinski definition) is 4. The largest absolute Gasteiger partial charge is 0.506 e. The third-order valence-corrected chi connectivity index (χ3v) is 8.78. The van der Waals surface area contributed by atoms with Crippen LogP contribution in [0.1, 0.15) is 61.0 Å². The molecular weight excluding hydrogens is 542 g/mol. The number of aromatic hydroxyl groups is 1. The quantitative estimate of drug-likeness (QED) is 0.198. The van der Waals surface area contributed by atoms with E-state index in [4.69, 9.17) is 4.98 Å². The van der Waals surface area contributed by atoms with Crippen LogP contribution in [0.25, 0.3) is 10.9 Å². The number of phenolic OH excluding ortho intramolecular Hbond substituents is 1. The highest BCUT2D eigenvalue weighted by molar-refractivity contribution is 5.84. The number of benzene rings is 1. The van der Waals surface area contributed by atoms with Crippen LogP contribution in [0.3, 0.4) is 0 Å². The second-order valence-electron chi connectivity index (χ2n) is 11.5. The fraction of sp³-hybridized carbons (Fsp3) is 0.424. The first-order valence-electron chi connectivity index (χ1n) is 15.4. The molecule has 2 aliphatic heterocycles. The van der Waals surface area contributed by atoms with Crippen molar-refractivity contribution in [1.82, 2.24) is 19.9 Å². The molecule has 0 unspecified atom stereocenters. The molecular formula is C33H39N7O3. The third kappa shape index (κ3) is 6.33. The smallest absolute Gasteiger partial charge is 0.308 e. The lowest BCUT2D eigenvalue weighted by Gasteiger charge is -2.34. The zero-order chi connectivity index (χ0) is 29.8. The minimum atomic E-state index is -0.864. The SMILES string of the molecule is CCc1c(NC[C@H](CCc2ccc3cccc(O)c3n2)C(=O)O)ncnc1N1CCC(c2ccc3c(n2)NCCC3)CC1. The number of pyridine rings is 2. The third-order valence-electron chi connectivity index (χ3n) is 8.78. The number of nitrogens with zero attached hydrogens (tertiary/aromatic N) is 5.